The van der Waals surface area contributed by atoms with Crippen LogP contribution in [0.4, 0.5) is 0 Å². The van der Waals surface area contributed by atoms with E-state index in [9.17, 15) is 4.79 Å². The number of aryl methyl sites for hydroxylation is 2. The monoisotopic (exact) mass is 258 g/mol. The highest BCUT2D eigenvalue weighted by Gasteiger charge is 2.23. The number of hydrogen-bond acceptors (Lipinski definition) is 2. The number of aromatic nitrogens is 1. The van der Waals surface area contributed by atoms with E-state index in [4.69, 9.17) is 0 Å². The molecule has 19 heavy (non-hydrogen) atoms. The van der Waals surface area contributed by atoms with Gasteiger partial charge in [0.25, 0.3) is 0 Å². The highest BCUT2D eigenvalue weighted by Crippen LogP contribution is 2.31. The Morgan fingerprint density at radius 3 is 2.63 bits per heavy atom. The summed E-state index contributed by atoms with van der Waals surface area (Å²) in [5.41, 5.74) is 4.81. The molecule has 0 fully saturated rings. The quantitative estimate of drug-likeness (QED) is 0.817. The van der Waals surface area contributed by atoms with Crippen LogP contribution in [-0.4, -0.2) is 29.9 Å². The molecule has 1 aromatic heterocycles. The summed E-state index contributed by atoms with van der Waals surface area (Å²) in [4.78, 5) is 18.2. The number of nitrogens with zero attached hydrogens (tertiary/aromatic N) is 2. The Morgan fingerprint density at radius 1 is 1.37 bits per heavy atom. The third kappa shape index (κ3) is 3.03. The Kier molecular flexibility index (Phi) is 4.03. The molecule has 1 aromatic rings. The molecular formula is C16H22N2O. The van der Waals surface area contributed by atoms with Crippen molar-refractivity contribution in [1.82, 2.24) is 9.88 Å². The van der Waals surface area contributed by atoms with Gasteiger partial charge in [0.1, 0.15) is 0 Å². The molecule has 0 saturated carbocycles. The first-order valence-corrected chi connectivity index (χ1v) is 6.83. The van der Waals surface area contributed by atoms with Crippen LogP contribution < -0.4 is 0 Å². The topological polar surface area (TPSA) is 33.2 Å². The fourth-order valence-corrected chi connectivity index (χ4v) is 2.69. The SMILES string of the molecule is Cc1cnc(C2=CCC(C(=O)N(C)C)CC2)c(C)c1. The smallest absolute Gasteiger partial charge is 0.225 e. The van der Waals surface area contributed by atoms with Crippen LogP contribution in [0.2, 0.25) is 0 Å². The molecule has 0 saturated heterocycles. The van der Waals surface area contributed by atoms with Crippen molar-refractivity contribution in [3.05, 3.63) is 35.2 Å². The standard InChI is InChI=1S/C16H22N2O/c1-11-9-12(2)15(17-10-11)13-5-7-14(8-6-13)16(19)18(3)4/h5,9-10,14H,6-8H2,1-4H3. The maximum absolute atomic E-state index is 11.9. The minimum atomic E-state index is 0.143. The first-order chi connectivity index (χ1) is 8.99. The minimum Gasteiger partial charge on any atom is -0.349 e. The summed E-state index contributed by atoms with van der Waals surface area (Å²) in [6, 6.07) is 2.17. The van der Waals surface area contributed by atoms with Crippen LogP contribution in [0.25, 0.3) is 5.57 Å². The van der Waals surface area contributed by atoms with E-state index in [1.165, 1.54) is 16.7 Å². The van der Waals surface area contributed by atoms with Crippen molar-refractivity contribution in [3.8, 4) is 0 Å². The average Bonchev–Trinajstić information content (AvgIpc) is 2.38. The number of carbonyl (C=O) groups is 1. The van der Waals surface area contributed by atoms with E-state index >= 15 is 0 Å². The Bertz CT molecular complexity index is 517. The van der Waals surface area contributed by atoms with Crippen molar-refractivity contribution in [2.75, 3.05) is 14.1 Å². The van der Waals surface area contributed by atoms with Crippen molar-refractivity contribution >= 4 is 11.5 Å². The molecule has 102 valence electrons. The summed E-state index contributed by atoms with van der Waals surface area (Å²) in [5, 5.41) is 0. The molecule has 0 aliphatic heterocycles. The molecule has 1 atom stereocenters. The predicted molar refractivity (Wildman–Crippen MR) is 77.7 cm³/mol. The lowest BCUT2D eigenvalue weighted by atomic mass is 9.86. The largest absolute Gasteiger partial charge is 0.349 e. The van der Waals surface area contributed by atoms with Gasteiger partial charge in [-0.15, -0.1) is 0 Å². The summed E-state index contributed by atoms with van der Waals surface area (Å²) < 4.78 is 0. The molecule has 2 rings (SSSR count). The molecule has 1 aliphatic rings. The maximum Gasteiger partial charge on any atom is 0.225 e. The second-order valence-electron chi connectivity index (χ2n) is 5.61. The van der Waals surface area contributed by atoms with Gasteiger partial charge < -0.3 is 4.90 Å². The van der Waals surface area contributed by atoms with Crippen LogP contribution in [0, 0.1) is 19.8 Å². The number of pyridine rings is 1. The average molecular weight is 258 g/mol. The minimum absolute atomic E-state index is 0.143. The zero-order chi connectivity index (χ0) is 14.0. The number of amides is 1. The maximum atomic E-state index is 11.9. The van der Waals surface area contributed by atoms with E-state index in [-0.39, 0.29) is 11.8 Å². The second-order valence-corrected chi connectivity index (χ2v) is 5.61. The number of allylic oxidation sites excluding steroid dienone is 2. The van der Waals surface area contributed by atoms with Crippen LogP contribution in [-0.2, 0) is 4.79 Å². The lowest BCUT2D eigenvalue weighted by Crippen LogP contribution is -2.30. The van der Waals surface area contributed by atoms with Gasteiger partial charge in [-0.3, -0.25) is 9.78 Å². The van der Waals surface area contributed by atoms with E-state index in [1.807, 2.05) is 20.3 Å². The first kappa shape index (κ1) is 13.8. The van der Waals surface area contributed by atoms with Gasteiger partial charge in [0.2, 0.25) is 5.91 Å². The Balaban J connectivity index is 2.15. The van der Waals surface area contributed by atoms with E-state index in [0.29, 0.717) is 0 Å². The van der Waals surface area contributed by atoms with Crippen LogP contribution in [0.3, 0.4) is 0 Å². The molecule has 0 spiro atoms. The summed E-state index contributed by atoms with van der Waals surface area (Å²) in [6.07, 6.45) is 6.82. The fourth-order valence-electron chi connectivity index (χ4n) is 2.69. The molecule has 1 unspecified atom stereocenters. The molecule has 1 amide bonds. The summed E-state index contributed by atoms with van der Waals surface area (Å²) in [7, 11) is 3.65. The molecular weight excluding hydrogens is 236 g/mol. The van der Waals surface area contributed by atoms with Crippen molar-refractivity contribution in [3.63, 3.8) is 0 Å². The lowest BCUT2D eigenvalue weighted by molar-refractivity contribution is -0.133. The van der Waals surface area contributed by atoms with Gasteiger partial charge >= 0.3 is 0 Å². The Hall–Kier alpha value is -1.64. The van der Waals surface area contributed by atoms with Crippen molar-refractivity contribution in [2.24, 2.45) is 5.92 Å². The fraction of sp³-hybridized carbons (Fsp3) is 0.500. The van der Waals surface area contributed by atoms with Crippen molar-refractivity contribution < 1.29 is 4.79 Å². The van der Waals surface area contributed by atoms with E-state index in [0.717, 1.165) is 25.0 Å². The van der Waals surface area contributed by atoms with Gasteiger partial charge in [0, 0.05) is 26.2 Å². The zero-order valence-corrected chi connectivity index (χ0v) is 12.2. The van der Waals surface area contributed by atoms with Crippen LogP contribution in [0.5, 0.6) is 0 Å². The van der Waals surface area contributed by atoms with E-state index in [1.54, 1.807) is 4.90 Å². The highest BCUT2D eigenvalue weighted by molar-refractivity contribution is 5.80. The van der Waals surface area contributed by atoms with E-state index < -0.39 is 0 Å². The molecule has 0 N–H and O–H groups in total. The predicted octanol–water partition coefficient (Wildman–Crippen LogP) is 2.97. The molecule has 3 heteroatoms. The molecule has 0 radical (unpaired) electrons. The molecule has 0 bridgehead atoms. The van der Waals surface area contributed by atoms with Crippen molar-refractivity contribution in [2.45, 2.75) is 33.1 Å². The zero-order valence-electron chi connectivity index (χ0n) is 12.2. The van der Waals surface area contributed by atoms with Gasteiger partial charge in [-0.2, -0.15) is 0 Å². The summed E-state index contributed by atoms with van der Waals surface area (Å²) in [6.45, 7) is 4.16. The molecule has 1 aliphatic carbocycles. The van der Waals surface area contributed by atoms with Gasteiger partial charge in [-0.05, 0) is 49.8 Å². The van der Waals surface area contributed by atoms with Crippen molar-refractivity contribution in [1.29, 1.82) is 0 Å². The summed E-state index contributed by atoms with van der Waals surface area (Å²) in [5.74, 6) is 0.383. The Labute approximate surface area is 115 Å². The Morgan fingerprint density at radius 2 is 2.11 bits per heavy atom. The molecule has 0 aromatic carbocycles. The van der Waals surface area contributed by atoms with Crippen LogP contribution >= 0.6 is 0 Å². The van der Waals surface area contributed by atoms with Crippen LogP contribution in [0.15, 0.2) is 18.3 Å². The van der Waals surface area contributed by atoms with Gasteiger partial charge in [-0.25, -0.2) is 0 Å². The third-order valence-corrected chi connectivity index (χ3v) is 3.72. The van der Waals surface area contributed by atoms with Gasteiger partial charge in [-0.1, -0.05) is 12.1 Å². The first-order valence-electron chi connectivity index (χ1n) is 6.83. The summed E-state index contributed by atoms with van der Waals surface area (Å²) >= 11 is 0. The third-order valence-electron chi connectivity index (χ3n) is 3.72. The molecule has 3 nitrogen and oxygen atoms in total. The van der Waals surface area contributed by atoms with Crippen LogP contribution in [0.1, 0.15) is 36.1 Å². The van der Waals surface area contributed by atoms with E-state index in [2.05, 4.69) is 31.0 Å². The highest BCUT2D eigenvalue weighted by atomic mass is 16.2. The number of rotatable bonds is 2. The second kappa shape index (κ2) is 5.55. The van der Waals surface area contributed by atoms with Gasteiger partial charge in [0.15, 0.2) is 0 Å². The number of carbonyl (C=O) groups excluding carboxylic acids is 1. The van der Waals surface area contributed by atoms with Gasteiger partial charge in [0.05, 0.1) is 5.69 Å². The number of hydrogen-bond donors (Lipinski definition) is 0. The molecule has 1 heterocycles. The lowest BCUT2D eigenvalue weighted by Gasteiger charge is -2.24. The normalized spacial score (nSPS) is 18.9.